The Morgan fingerprint density at radius 3 is 2.79 bits per heavy atom. The van der Waals surface area contributed by atoms with E-state index in [1.54, 1.807) is 18.2 Å². The molecule has 3 heteroatoms. The lowest BCUT2D eigenvalue weighted by Crippen LogP contribution is -1.96. The van der Waals surface area contributed by atoms with E-state index >= 15 is 0 Å². The largest absolute Gasteiger partial charge is 0.504 e. The first-order valence-electron chi connectivity index (χ1n) is 4.62. The highest BCUT2D eigenvalue weighted by Crippen LogP contribution is 2.24. The van der Waals surface area contributed by atoms with Crippen LogP contribution in [0.4, 0.5) is 0 Å². The van der Waals surface area contributed by atoms with Crippen LogP contribution in [0.2, 0.25) is 0 Å². The molecule has 1 aromatic carbocycles. The lowest BCUT2D eigenvalue weighted by atomic mass is 10.2. The second-order valence-corrected chi connectivity index (χ2v) is 2.93. The van der Waals surface area contributed by atoms with E-state index in [0.717, 1.165) is 12.8 Å². The van der Waals surface area contributed by atoms with Crippen LogP contribution in [0.5, 0.6) is 11.5 Å². The van der Waals surface area contributed by atoms with Crippen molar-refractivity contribution in [3.05, 3.63) is 24.3 Å². The first-order valence-corrected chi connectivity index (χ1v) is 4.62. The van der Waals surface area contributed by atoms with E-state index in [1.807, 2.05) is 6.07 Å². The maximum atomic E-state index is 9.34. The molecule has 0 aliphatic carbocycles. The Labute approximate surface area is 83.6 Å². The van der Waals surface area contributed by atoms with Gasteiger partial charge in [0, 0.05) is 6.42 Å². The second-order valence-electron chi connectivity index (χ2n) is 2.93. The minimum Gasteiger partial charge on any atom is -0.504 e. The summed E-state index contributed by atoms with van der Waals surface area (Å²) >= 11 is 0. The molecular formula is C11H13NO2. The number of ether oxygens (including phenoxy) is 1. The Balaban J connectivity index is 2.25. The molecule has 0 saturated heterocycles. The molecule has 0 aliphatic heterocycles. The zero-order chi connectivity index (χ0) is 10.2. The number of benzene rings is 1. The van der Waals surface area contributed by atoms with Gasteiger partial charge in [-0.15, -0.1) is 0 Å². The van der Waals surface area contributed by atoms with Gasteiger partial charge in [-0.25, -0.2) is 0 Å². The molecule has 14 heavy (non-hydrogen) atoms. The molecule has 0 bridgehead atoms. The van der Waals surface area contributed by atoms with Crippen LogP contribution < -0.4 is 4.74 Å². The molecule has 0 atom stereocenters. The summed E-state index contributed by atoms with van der Waals surface area (Å²) in [5.41, 5.74) is 0. The third kappa shape index (κ3) is 3.36. The van der Waals surface area contributed by atoms with E-state index in [1.165, 1.54) is 0 Å². The first kappa shape index (κ1) is 10.4. The summed E-state index contributed by atoms with van der Waals surface area (Å²) in [6, 6.07) is 8.94. The normalized spacial score (nSPS) is 9.36. The number of hydrogen-bond donors (Lipinski definition) is 1. The maximum absolute atomic E-state index is 9.34. The lowest BCUT2D eigenvalue weighted by Gasteiger charge is -2.06. The molecule has 1 aromatic rings. The van der Waals surface area contributed by atoms with Crippen LogP contribution in [0.3, 0.4) is 0 Å². The molecule has 3 nitrogen and oxygen atoms in total. The first-order chi connectivity index (χ1) is 6.84. The van der Waals surface area contributed by atoms with E-state index in [2.05, 4.69) is 6.07 Å². The maximum Gasteiger partial charge on any atom is 0.160 e. The van der Waals surface area contributed by atoms with Gasteiger partial charge in [0.25, 0.3) is 0 Å². The van der Waals surface area contributed by atoms with Crippen molar-refractivity contribution >= 4 is 0 Å². The van der Waals surface area contributed by atoms with E-state index in [4.69, 9.17) is 10.00 Å². The van der Waals surface area contributed by atoms with Gasteiger partial charge < -0.3 is 9.84 Å². The van der Waals surface area contributed by atoms with Gasteiger partial charge in [0.1, 0.15) is 0 Å². The van der Waals surface area contributed by atoms with Gasteiger partial charge in [-0.3, -0.25) is 0 Å². The number of phenolic OH excluding ortho intramolecular Hbond substituents is 1. The van der Waals surface area contributed by atoms with Gasteiger partial charge >= 0.3 is 0 Å². The second kappa shape index (κ2) is 5.87. The fraction of sp³-hybridized carbons (Fsp3) is 0.364. The summed E-state index contributed by atoms with van der Waals surface area (Å²) < 4.78 is 5.32. The van der Waals surface area contributed by atoms with Gasteiger partial charge in [-0.2, -0.15) is 5.26 Å². The van der Waals surface area contributed by atoms with Crippen LogP contribution in [0, 0.1) is 11.3 Å². The van der Waals surface area contributed by atoms with Gasteiger partial charge in [0.05, 0.1) is 12.7 Å². The van der Waals surface area contributed by atoms with E-state index < -0.39 is 0 Å². The molecule has 1 N–H and O–H groups in total. The van der Waals surface area contributed by atoms with Gasteiger partial charge in [0.15, 0.2) is 11.5 Å². The Morgan fingerprint density at radius 2 is 2.07 bits per heavy atom. The Kier molecular flexibility index (Phi) is 4.36. The molecule has 0 saturated carbocycles. The fourth-order valence-corrected chi connectivity index (χ4v) is 1.07. The summed E-state index contributed by atoms with van der Waals surface area (Å²) in [6.07, 6.45) is 2.23. The standard InChI is InChI=1S/C11H13NO2/c12-8-4-1-5-9-14-11-7-3-2-6-10(11)13/h2-3,6-7,13H,1,4-5,9H2. The predicted molar refractivity (Wildman–Crippen MR) is 53.1 cm³/mol. The summed E-state index contributed by atoms with van der Waals surface area (Å²) in [5, 5.41) is 17.6. The zero-order valence-electron chi connectivity index (χ0n) is 7.94. The van der Waals surface area contributed by atoms with E-state index in [9.17, 15) is 5.11 Å². The van der Waals surface area contributed by atoms with Gasteiger partial charge in [-0.1, -0.05) is 12.1 Å². The van der Waals surface area contributed by atoms with Crippen molar-refractivity contribution in [3.63, 3.8) is 0 Å². The zero-order valence-corrected chi connectivity index (χ0v) is 7.94. The van der Waals surface area contributed by atoms with E-state index in [-0.39, 0.29) is 5.75 Å². The number of nitrogens with zero attached hydrogens (tertiary/aromatic N) is 1. The highest BCUT2D eigenvalue weighted by Gasteiger charge is 1.98. The van der Waals surface area contributed by atoms with Crippen LogP contribution in [0.1, 0.15) is 19.3 Å². The summed E-state index contributed by atoms with van der Waals surface area (Å²) in [4.78, 5) is 0. The van der Waals surface area contributed by atoms with Crippen LogP contribution in [-0.4, -0.2) is 11.7 Å². The molecule has 0 unspecified atom stereocenters. The number of unbranched alkanes of at least 4 members (excludes halogenated alkanes) is 2. The van der Waals surface area contributed by atoms with Crippen LogP contribution in [0.25, 0.3) is 0 Å². The Bertz CT molecular complexity index is 317. The molecule has 0 aliphatic rings. The Hall–Kier alpha value is -1.69. The lowest BCUT2D eigenvalue weighted by molar-refractivity contribution is 0.291. The number of phenols is 1. The summed E-state index contributed by atoms with van der Waals surface area (Å²) in [7, 11) is 0. The molecular weight excluding hydrogens is 178 g/mol. The average molecular weight is 191 g/mol. The number of para-hydroxylation sites is 2. The molecule has 0 heterocycles. The van der Waals surface area contributed by atoms with Crippen molar-refractivity contribution in [3.8, 4) is 17.6 Å². The molecule has 0 fully saturated rings. The van der Waals surface area contributed by atoms with Gasteiger partial charge in [-0.05, 0) is 25.0 Å². The Morgan fingerprint density at radius 1 is 1.29 bits per heavy atom. The molecule has 0 radical (unpaired) electrons. The van der Waals surface area contributed by atoms with Crippen molar-refractivity contribution < 1.29 is 9.84 Å². The third-order valence-electron chi connectivity index (χ3n) is 1.81. The molecule has 0 aromatic heterocycles. The monoisotopic (exact) mass is 191 g/mol. The van der Waals surface area contributed by atoms with Crippen molar-refractivity contribution in [1.29, 1.82) is 5.26 Å². The highest BCUT2D eigenvalue weighted by molar-refractivity contribution is 5.37. The quantitative estimate of drug-likeness (QED) is 0.727. The molecule has 0 spiro atoms. The van der Waals surface area contributed by atoms with E-state index in [0.29, 0.717) is 18.8 Å². The van der Waals surface area contributed by atoms with Crippen LogP contribution in [-0.2, 0) is 0 Å². The molecule has 1 rings (SSSR count). The topological polar surface area (TPSA) is 53.2 Å². The molecule has 74 valence electrons. The van der Waals surface area contributed by atoms with Crippen molar-refractivity contribution in [2.75, 3.05) is 6.61 Å². The minimum atomic E-state index is 0.160. The van der Waals surface area contributed by atoms with Crippen LogP contribution in [0.15, 0.2) is 24.3 Å². The van der Waals surface area contributed by atoms with Crippen molar-refractivity contribution in [1.82, 2.24) is 0 Å². The van der Waals surface area contributed by atoms with Gasteiger partial charge in [0.2, 0.25) is 0 Å². The third-order valence-corrected chi connectivity index (χ3v) is 1.81. The van der Waals surface area contributed by atoms with Crippen molar-refractivity contribution in [2.24, 2.45) is 0 Å². The fourth-order valence-electron chi connectivity index (χ4n) is 1.07. The summed E-state index contributed by atoms with van der Waals surface area (Å²) in [6.45, 7) is 0.541. The summed E-state index contributed by atoms with van der Waals surface area (Å²) in [5.74, 6) is 0.664. The predicted octanol–water partition coefficient (Wildman–Crippen LogP) is 2.46. The number of rotatable bonds is 5. The smallest absolute Gasteiger partial charge is 0.160 e. The number of nitriles is 1. The van der Waals surface area contributed by atoms with Crippen molar-refractivity contribution in [2.45, 2.75) is 19.3 Å². The number of aromatic hydroxyl groups is 1. The molecule has 0 amide bonds. The highest BCUT2D eigenvalue weighted by atomic mass is 16.5. The SMILES string of the molecule is N#CCCCCOc1ccccc1O. The van der Waals surface area contributed by atoms with Crippen LogP contribution >= 0.6 is 0 Å². The average Bonchev–Trinajstić information content (AvgIpc) is 2.20. The minimum absolute atomic E-state index is 0.160. The number of hydrogen-bond acceptors (Lipinski definition) is 3.